The molecule has 3 heteroatoms. The van der Waals surface area contributed by atoms with E-state index in [2.05, 4.69) is 31.8 Å². The lowest BCUT2D eigenvalue weighted by molar-refractivity contribution is 0.0586. The minimum absolute atomic E-state index is 0.478. The normalized spacial score (nSPS) is 16.1. The third-order valence-corrected chi connectivity index (χ3v) is 5.86. The van der Waals surface area contributed by atoms with Crippen molar-refractivity contribution in [2.24, 2.45) is 5.73 Å². The zero-order chi connectivity index (χ0) is 11.5. The van der Waals surface area contributed by atoms with Crippen LogP contribution in [0.5, 0.6) is 0 Å². The lowest BCUT2D eigenvalue weighted by Gasteiger charge is -2.39. The van der Waals surface area contributed by atoms with Crippen molar-refractivity contribution in [3.8, 4) is 0 Å². The van der Waals surface area contributed by atoms with Crippen molar-refractivity contribution in [1.29, 1.82) is 0 Å². The van der Waals surface area contributed by atoms with E-state index in [-0.39, 0.29) is 0 Å². The van der Waals surface area contributed by atoms with Crippen LogP contribution in [0.25, 0.3) is 0 Å². The third-order valence-electron chi connectivity index (χ3n) is 2.94. The lowest BCUT2D eigenvalue weighted by Crippen LogP contribution is -2.62. The van der Waals surface area contributed by atoms with Gasteiger partial charge in [-0.15, -0.1) is 0 Å². The number of benzene rings is 1. The average Bonchev–Trinajstić information content (AvgIpc) is 2.17. The van der Waals surface area contributed by atoms with E-state index in [1.54, 1.807) is 7.11 Å². The second-order valence-corrected chi connectivity index (χ2v) is 10.4. The van der Waals surface area contributed by atoms with E-state index in [0.29, 0.717) is 0 Å². The molecule has 0 bridgehead atoms. The van der Waals surface area contributed by atoms with E-state index in [1.165, 1.54) is 5.56 Å². The summed E-state index contributed by atoms with van der Waals surface area (Å²) in [5.74, 6) is 0. The Labute approximate surface area is 93.5 Å². The highest BCUT2D eigenvalue weighted by molar-refractivity contribution is 6.78. The molecule has 0 aliphatic carbocycles. The molecule has 0 spiro atoms. The highest BCUT2D eigenvalue weighted by Crippen LogP contribution is 2.23. The van der Waals surface area contributed by atoms with E-state index in [4.69, 9.17) is 10.5 Å². The summed E-state index contributed by atoms with van der Waals surface area (Å²) in [4.78, 5) is 0. The first-order valence-electron chi connectivity index (χ1n) is 5.27. The molecule has 0 aromatic heterocycles. The van der Waals surface area contributed by atoms with Crippen LogP contribution in [0.3, 0.4) is 0 Å². The van der Waals surface area contributed by atoms with Gasteiger partial charge in [0.1, 0.15) is 13.4 Å². The van der Waals surface area contributed by atoms with E-state index >= 15 is 0 Å². The maximum Gasteiger partial charge on any atom is 0.105 e. The number of ether oxygens (including phenoxy) is 1. The van der Waals surface area contributed by atoms with Crippen molar-refractivity contribution in [3.05, 3.63) is 35.9 Å². The number of hydrogen-bond acceptors (Lipinski definition) is 2. The molecule has 0 amide bonds. The van der Waals surface area contributed by atoms with Crippen molar-refractivity contribution in [1.82, 2.24) is 0 Å². The molecule has 1 aromatic rings. The van der Waals surface area contributed by atoms with Gasteiger partial charge in [0.25, 0.3) is 0 Å². The summed E-state index contributed by atoms with van der Waals surface area (Å²) in [6.07, 6.45) is 0.792. The third kappa shape index (κ3) is 2.90. The molecule has 1 aromatic carbocycles. The molecule has 0 saturated carbocycles. The summed E-state index contributed by atoms with van der Waals surface area (Å²) < 4.78 is 5.55. The van der Waals surface area contributed by atoms with Crippen LogP contribution in [0.2, 0.25) is 19.6 Å². The highest BCUT2D eigenvalue weighted by atomic mass is 28.3. The molecule has 0 aliphatic rings. The molecule has 0 aliphatic heterocycles. The standard InChI is InChI=1S/C12H21NOSi/c1-14-12(13,15(2,3)4)10-11-8-6-5-7-9-11/h5-9H,10,13H2,1-4H3. The summed E-state index contributed by atoms with van der Waals surface area (Å²) in [6.45, 7) is 6.71. The van der Waals surface area contributed by atoms with E-state index in [9.17, 15) is 0 Å². The van der Waals surface area contributed by atoms with Gasteiger partial charge in [-0.3, -0.25) is 0 Å². The molecular formula is C12H21NOSi. The fourth-order valence-corrected chi connectivity index (χ4v) is 2.89. The summed E-state index contributed by atoms with van der Waals surface area (Å²) in [7, 11) is 0.171. The molecule has 1 atom stereocenters. The van der Waals surface area contributed by atoms with Crippen molar-refractivity contribution in [3.63, 3.8) is 0 Å². The average molecular weight is 223 g/mol. The van der Waals surface area contributed by atoms with Gasteiger partial charge in [0.15, 0.2) is 0 Å². The monoisotopic (exact) mass is 223 g/mol. The molecule has 0 fully saturated rings. The summed E-state index contributed by atoms with van der Waals surface area (Å²) in [6, 6.07) is 10.3. The van der Waals surface area contributed by atoms with Gasteiger partial charge in [-0.05, 0) is 5.56 Å². The van der Waals surface area contributed by atoms with Crippen molar-refractivity contribution < 1.29 is 4.74 Å². The van der Waals surface area contributed by atoms with Crippen molar-refractivity contribution >= 4 is 8.07 Å². The van der Waals surface area contributed by atoms with Crippen LogP contribution >= 0.6 is 0 Å². The lowest BCUT2D eigenvalue weighted by atomic mass is 10.1. The van der Waals surface area contributed by atoms with Gasteiger partial charge < -0.3 is 10.5 Å². The zero-order valence-electron chi connectivity index (χ0n) is 10.1. The largest absolute Gasteiger partial charge is 0.367 e. The van der Waals surface area contributed by atoms with E-state index in [0.717, 1.165) is 6.42 Å². The van der Waals surface area contributed by atoms with Gasteiger partial charge in [0.2, 0.25) is 0 Å². The van der Waals surface area contributed by atoms with Crippen molar-refractivity contribution in [2.75, 3.05) is 7.11 Å². The highest BCUT2D eigenvalue weighted by Gasteiger charge is 2.40. The minimum atomic E-state index is -1.54. The SMILES string of the molecule is COC(N)(Cc1ccccc1)[Si](C)(C)C. The first-order valence-corrected chi connectivity index (χ1v) is 8.77. The van der Waals surface area contributed by atoms with Gasteiger partial charge in [0, 0.05) is 13.5 Å². The second-order valence-electron chi connectivity index (χ2n) is 5.01. The second kappa shape index (κ2) is 4.47. The Morgan fingerprint density at radius 1 is 1.20 bits per heavy atom. The van der Waals surface area contributed by atoms with Crippen LogP contribution in [0.1, 0.15) is 5.56 Å². The first-order chi connectivity index (χ1) is 6.89. The maximum absolute atomic E-state index is 6.35. The summed E-state index contributed by atoms with van der Waals surface area (Å²) >= 11 is 0. The molecule has 0 radical (unpaired) electrons. The molecule has 0 heterocycles. The minimum Gasteiger partial charge on any atom is -0.367 e. The molecule has 2 N–H and O–H groups in total. The van der Waals surface area contributed by atoms with Gasteiger partial charge >= 0.3 is 0 Å². The fraction of sp³-hybridized carbons (Fsp3) is 0.500. The van der Waals surface area contributed by atoms with E-state index in [1.807, 2.05) is 18.2 Å². The van der Waals surface area contributed by atoms with Gasteiger partial charge in [-0.25, -0.2) is 0 Å². The van der Waals surface area contributed by atoms with Gasteiger partial charge in [-0.2, -0.15) is 0 Å². The Hall–Kier alpha value is -0.643. The Morgan fingerprint density at radius 2 is 1.73 bits per heavy atom. The van der Waals surface area contributed by atoms with Crippen LogP contribution in [0.4, 0.5) is 0 Å². The van der Waals surface area contributed by atoms with Crippen LogP contribution in [0, 0.1) is 0 Å². The Morgan fingerprint density at radius 3 is 2.13 bits per heavy atom. The number of nitrogens with two attached hydrogens (primary N) is 1. The quantitative estimate of drug-likeness (QED) is 0.628. The zero-order valence-corrected chi connectivity index (χ0v) is 11.1. The molecule has 0 saturated heterocycles. The Kier molecular flexibility index (Phi) is 3.70. The number of methoxy groups -OCH3 is 1. The Bertz CT molecular complexity index is 307. The summed E-state index contributed by atoms with van der Waals surface area (Å²) in [5, 5.41) is -0.478. The van der Waals surface area contributed by atoms with Crippen LogP contribution in [0.15, 0.2) is 30.3 Å². The number of rotatable bonds is 4. The predicted molar refractivity (Wildman–Crippen MR) is 67.4 cm³/mol. The smallest absolute Gasteiger partial charge is 0.105 e. The molecule has 84 valence electrons. The molecular weight excluding hydrogens is 202 g/mol. The molecule has 15 heavy (non-hydrogen) atoms. The predicted octanol–water partition coefficient (Wildman–Crippen LogP) is 2.41. The molecule has 2 nitrogen and oxygen atoms in total. The van der Waals surface area contributed by atoms with Crippen LogP contribution in [-0.2, 0) is 11.2 Å². The Balaban J connectivity index is 2.87. The fourth-order valence-electron chi connectivity index (χ4n) is 1.54. The topological polar surface area (TPSA) is 35.2 Å². The maximum atomic E-state index is 6.35. The van der Waals surface area contributed by atoms with Gasteiger partial charge in [-0.1, -0.05) is 50.0 Å². The van der Waals surface area contributed by atoms with E-state index < -0.39 is 13.4 Å². The van der Waals surface area contributed by atoms with Gasteiger partial charge in [0.05, 0.1) is 0 Å². The molecule has 1 unspecified atom stereocenters. The number of hydrogen-bond donors (Lipinski definition) is 1. The van der Waals surface area contributed by atoms with Crippen LogP contribution in [-0.4, -0.2) is 20.5 Å². The molecule has 1 rings (SSSR count). The van der Waals surface area contributed by atoms with Crippen LogP contribution < -0.4 is 5.73 Å². The summed E-state index contributed by atoms with van der Waals surface area (Å²) in [5.41, 5.74) is 7.59. The van der Waals surface area contributed by atoms with Crippen molar-refractivity contribution in [2.45, 2.75) is 31.4 Å². The first kappa shape index (κ1) is 12.4.